The van der Waals surface area contributed by atoms with Gasteiger partial charge in [-0.25, -0.2) is 0 Å². The number of nitrogens with zero attached hydrogens (tertiary/aromatic N) is 2. The van der Waals surface area contributed by atoms with Crippen molar-refractivity contribution in [2.24, 2.45) is 11.0 Å². The molecule has 6 nitrogen and oxygen atoms in total. The van der Waals surface area contributed by atoms with Gasteiger partial charge in [-0.3, -0.25) is 14.6 Å². The molecule has 0 saturated heterocycles. The van der Waals surface area contributed by atoms with Crippen molar-refractivity contribution in [2.75, 3.05) is 5.01 Å². The highest BCUT2D eigenvalue weighted by Gasteiger charge is 2.35. The quantitative estimate of drug-likeness (QED) is 0.494. The van der Waals surface area contributed by atoms with Crippen LogP contribution in [0.3, 0.4) is 0 Å². The molecule has 2 aromatic rings. The van der Waals surface area contributed by atoms with Gasteiger partial charge >= 0.3 is 5.97 Å². The van der Waals surface area contributed by atoms with E-state index < -0.39 is 5.97 Å². The minimum atomic E-state index is -0.842. The molecule has 1 fully saturated rings. The van der Waals surface area contributed by atoms with Gasteiger partial charge in [-0.1, -0.05) is 59.8 Å². The van der Waals surface area contributed by atoms with E-state index in [9.17, 15) is 14.7 Å². The summed E-state index contributed by atoms with van der Waals surface area (Å²) in [5, 5.41) is 20.2. The largest absolute Gasteiger partial charge is 0.481 e. The van der Waals surface area contributed by atoms with E-state index in [0.717, 1.165) is 31.2 Å². The molecule has 1 amide bonds. The van der Waals surface area contributed by atoms with Gasteiger partial charge in [-0.2, -0.15) is 5.10 Å². The number of carbonyl (C=O) groups excluding carboxylic acids is 1. The third-order valence-corrected chi connectivity index (χ3v) is 7.04. The van der Waals surface area contributed by atoms with E-state index in [2.05, 4.69) is 10.4 Å². The van der Waals surface area contributed by atoms with Crippen LogP contribution in [-0.2, 0) is 9.59 Å². The summed E-state index contributed by atoms with van der Waals surface area (Å²) in [6.45, 7) is 0. The van der Waals surface area contributed by atoms with Crippen molar-refractivity contribution in [3.8, 4) is 0 Å². The Morgan fingerprint density at radius 2 is 1.73 bits per heavy atom. The lowest BCUT2D eigenvalue weighted by Gasteiger charge is -2.31. The molecule has 3 unspecified atom stereocenters. The Kier molecular flexibility index (Phi) is 7.47. The van der Waals surface area contributed by atoms with Crippen LogP contribution in [-0.4, -0.2) is 28.7 Å². The molecule has 2 aliphatic rings. The first kappa shape index (κ1) is 23.9. The molecule has 0 radical (unpaired) electrons. The first-order chi connectivity index (χ1) is 15.8. The molecule has 1 saturated carbocycles. The average molecular weight is 509 g/mol. The summed E-state index contributed by atoms with van der Waals surface area (Å²) < 4.78 is 0. The normalized spacial score (nSPS) is 22.7. The number of aliphatic carboxylic acids is 1. The van der Waals surface area contributed by atoms with E-state index in [-0.39, 0.29) is 30.3 Å². The first-order valence-corrected chi connectivity index (χ1v) is 12.0. The van der Waals surface area contributed by atoms with Crippen LogP contribution in [0.15, 0.2) is 47.6 Å². The smallest absolute Gasteiger partial charge is 0.303 e. The van der Waals surface area contributed by atoms with E-state index in [0.29, 0.717) is 32.9 Å². The minimum Gasteiger partial charge on any atom is -0.481 e. The maximum absolute atomic E-state index is 13.2. The summed E-state index contributed by atoms with van der Waals surface area (Å²) in [6.07, 6.45) is 3.94. The molecule has 1 aliphatic heterocycles. The molecule has 174 valence electrons. The number of benzene rings is 2. The standard InChI is InChI=1S/C24H24Cl3N3O3/c25-16-7-5-14(6-8-16)22-13-20(29-30(22)21-10-9-17(26)12-18(21)27)24(33)28-19-4-2-1-3-15(19)11-23(31)32/h5-10,12,15,19,22H,1-4,11,13H2,(H,28,33)(H,31,32). The molecule has 0 aromatic heterocycles. The molecule has 2 N–H and O–H groups in total. The third-order valence-electron chi connectivity index (χ3n) is 6.25. The van der Waals surface area contributed by atoms with Crippen LogP contribution in [0.4, 0.5) is 5.69 Å². The number of carboxylic acid groups (broad SMARTS) is 1. The first-order valence-electron chi connectivity index (χ1n) is 10.9. The topological polar surface area (TPSA) is 82.0 Å². The molecule has 0 bridgehead atoms. The van der Waals surface area contributed by atoms with Crippen molar-refractivity contribution >= 4 is 58.1 Å². The van der Waals surface area contributed by atoms with Gasteiger partial charge < -0.3 is 10.4 Å². The maximum Gasteiger partial charge on any atom is 0.303 e. The van der Waals surface area contributed by atoms with Crippen LogP contribution in [0.2, 0.25) is 15.1 Å². The molecule has 9 heteroatoms. The number of rotatable bonds is 6. The second-order valence-corrected chi connectivity index (χ2v) is 9.76. The van der Waals surface area contributed by atoms with Gasteiger partial charge in [0.1, 0.15) is 5.71 Å². The summed E-state index contributed by atoms with van der Waals surface area (Å²) in [7, 11) is 0. The van der Waals surface area contributed by atoms with Crippen molar-refractivity contribution in [1.29, 1.82) is 0 Å². The zero-order valence-electron chi connectivity index (χ0n) is 17.8. The lowest BCUT2D eigenvalue weighted by Crippen LogP contribution is -2.45. The molecular weight excluding hydrogens is 485 g/mol. The van der Waals surface area contributed by atoms with Crippen LogP contribution in [0.1, 0.15) is 50.1 Å². The second-order valence-electron chi connectivity index (χ2n) is 8.48. The summed E-state index contributed by atoms with van der Waals surface area (Å²) in [5.74, 6) is -1.19. The molecule has 0 spiro atoms. The zero-order valence-corrected chi connectivity index (χ0v) is 20.1. The van der Waals surface area contributed by atoms with E-state index in [1.54, 1.807) is 35.3 Å². The average Bonchev–Trinajstić information content (AvgIpc) is 3.20. The molecule has 4 rings (SSSR count). The Morgan fingerprint density at radius 3 is 2.42 bits per heavy atom. The number of halogens is 3. The lowest BCUT2D eigenvalue weighted by atomic mass is 9.82. The van der Waals surface area contributed by atoms with Gasteiger partial charge in [0.05, 0.1) is 23.2 Å². The van der Waals surface area contributed by atoms with Gasteiger partial charge in [0.15, 0.2) is 0 Å². The summed E-state index contributed by atoms with van der Waals surface area (Å²) >= 11 is 18.6. The Balaban J connectivity index is 1.60. The van der Waals surface area contributed by atoms with Gasteiger partial charge in [0, 0.05) is 22.5 Å². The van der Waals surface area contributed by atoms with Crippen molar-refractivity contribution in [3.63, 3.8) is 0 Å². The zero-order chi connectivity index (χ0) is 23.5. The summed E-state index contributed by atoms with van der Waals surface area (Å²) in [4.78, 5) is 24.5. The number of anilines is 1. The summed E-state index contributed by atoms with van der Waals surface area (Å²) in [5.41, 5.74) is 1.96. The van der Waals surface area contributed by atoms with Crippen LogP contribution in [0.5, 0.6) is 0 Å². The SMILES string of the molecule is O=C(O)CC1CCCCC1NC(=O)C1=NN(c2ccc(Cl)cc2Cl)C(c2ccc(Cl)cc2)C1. The molecule has 1 heterocycles. The lowest BCUT2D eigenvalue weighted by molar-refractivity contribution is -0.138. The Labute approximate surface area is 207 Å². The van der Waals surface area contributed by atoms with E-state index in [4.69, 9.17) is 34.8 Å². The van der Waals surface area contributed by atoms with Crippen molar-refractivity contribution in [3.05, 3.63) is 63.1 Å². The highest BCUT2D eigenvalue weighted by molar-refractivity contribution is 6.40. The van der Waals surface area contributed by atoms with Crippen molar-refractivity contribution in [1.82, 2.24) is 5.32 Å². The second kappa shape index (κ2) is 10.3. The Hall–Kier alpha value is -2.28. The fraction of sp³-hybridized carbons (Fsp3) is 0.375. The molecular formula is C24H24Cl3N3O3. The monoisotopic (exact) mass is 507 g/mol. The van der Waals surface area contributed by atoms with Gasteiger partial charge in [-0.15, -0.1) is 0 Å². The number of carboxylic acids is 1. The van der Waals surface area contributed by atoms with E-state index in [1.807, 2.05) is 12.1 Å². The predicted octanol–water partition coefficient (Wildman–Crippen LogP) is 6.10. The number of nitrogens with one attached hydrogen (secondary N) is 1. The molecule has 2 aromatic carbocycles. The van der Waals surface area contributed by atoms with Gasteiger partial charge in [-0.05, 0) is 54.7 Å². The van der Waals surface area contributed by atoms with Crippen LogP contribution in [0, 0.1) is 5.92 Å². The minimum absolute atomic E-state index is 0.0529. The fourth-order valence-corrected chi connectivity index (χ4v) is 5.22. The highest BCUT2D eigenvalue weighted by Crippen LogP contribution is 2.40. The molecule has 3 atom stereocenters. The van der Waals surface area contributed by atoms with E-state index in [1.165, 1.54) is 0 Å². The van der Waals surface area contributed by atoms with Crippen LogP contribution >= 0.6 is 34.8 Å². The number of hydrogen-bond donors (Lipinski definition) is 2. The fourth-order valence-electron chi connectivity index (χ4n) is 4.60. The number of hydrogen-bond acceptors (Lipinski definition) is 4. The van der Waals surface area contributed by atoms with Gasteiger partial charge in [0.25, 0.3) is 5.91 Å². The third kappa shape index (κ3) is 5.62. The van der Waals surface area contributed by atoms with Crippen molar-refractivity contribution < 1.29 is 14.7 Å². The maximum atomic E-state index is 13.2. The number of hydrazone groups is 1. The Morgan fingerprint density at radius 1 is 1.03 bits per heavy atom. The molecule has 33 heavy (non-hydrogen) atoms. The number of amides is 1. The number of carbonyl (C=O) groups is 2. The van der Waals surface area contributed by atoms with Crippen LogP contribution < -0.4 is 10.3 Å². The van der Waals surface area contributed by atoms with Crippen LogP contribution in [0.25, 0.3) is 0 Å². The summed E-state index contributed by atoms with van der Waals surface area (Å²) in [6, 6.07) is 12.1. The van der Waals surface area contributed by atoms with Crippen molar-refractivity contribution in [2.45, 2.75) is 50.6 Å². The highest BCUT2D eigenvalue weighted by atomic mass is 35.5. The molecule has 1 aliphatic carbocycles. The van der Waals surface area contributed by atoms with Gasteiger partial charge in [0.2, 0.25) is 0 Å². The Bertz CT molecular complexity index is 1070. The predicted molar refractivity (Wildman–Crippen MR) is 131 cm³/mol. The van der Waals surface area contributed by atoms with E-state index >= 15 is 0 Å².